The fraction of sp³-hybridized carbons (Fsp3) is 0.304. The van der Waals surface area contributed by atoms with Gasteiger partial charge in [-0.2, -0.15) is 0 Å². The van der Waals surface area contributed by atoms with Crippen LogP contribution in [0.15, 0.2) is 66.7 Å². The Morgan fingerprint density at radius 3 is 2.19 bits per heavy atom. The molecule has 0 bridgehead atoms. The predicted octanol–water partition coefficient (Wildman–Crippen LogP) is 5.05. The zero-order chi connectivity index (χ0) is 19.7. The third-order valence-corrected chi connectivity index (χ3v) is 4.05. The average Bonchev–Trinajstić information content (AvgIpc) is 2.66. The molecule has 2 rings (SSSR count). The van der Waals surface area contributed by atoms with Crippen LogP contribution in [-0.2, 0) is 14.3 Å². The molecule has 0 saturated carbocycles. The van der Waals surface area contributed by atoms with E-state index in [9.17, 15) is 9.59 Å². The zero-order valence-corrected chi connectivity index (χ0v) is 16.1. The number of rotatable bonds is 8. The monoisotopic (exact) mass is 366 g/mol. The van der Waals surface area contributed by atoms with Gasteiger partial charge in [-0.25, -0.2) is 9.59 Å². The van der Waals surface area contributed by atoms with Gasteiger partial charge in [-0.15, -0.1) is 0 Å². The lowest BCUT2D eigenvalue weighted by Crippen LogP contribution is -2.34. The van der Waals surface area contributed by atoms with E-state index in [1.54, 1.807) is 30.3 Å². The number of benzene rings is 2. The van der Waals surface area contributed by atoms with E-state index >= 15 is 0 Å². The summed E-state index contributed by atoms with van der Waals surface area (Å²) < 4.78 is 11.1. The van der Waals surface area contributed by atoms with Crippen LogP contribution in [0.1, 0.15) is 49.5 Å². The van der Waals surface area contributed by atoms with Gasteiger partial charge in [0.1, 0.15) is 11.7 Å². The lowest BCUT2D eigenvalue weighted by Gasteiger charge is -2.29. The standard InChI is InChI=1S/C23H26O4/c1-4-20(26-21(24)16-15-18-11-7-5-8-12-18)17-23(2,3)27-22(25)19-13-9-6-10-14-19/h5-16,20H,4,17H2,1-3H3. The molecule has 0 aliphatic heterocycles. The summed E-state index contributed by atoms with van der Waals surface area (Å²) in [7, 11) is 0. The summed E-state index contributed by atoms with van der Waals surface area (Å²) in [5.74, 6) is -0.790. The minimum absolute atomic E-state index is 0.337. The Morgan fingerprint density at radius 2 is 1.59 bits per heavy atom. The Hall–Kier alpha value is -2.88. The quantitative estimate of drug-likeness (QED) is 0.485. The molecule has 142 valence electrons. The Balaban J connectivity index is 1.91. The van der Waals surface area contributed by atoms with Crippen molar-refractivity contribution in [1.82, 2.24) is 0 Å². The van der Waals surface area contributed by atoms with E-state index < -0.39 is 11.6 Å². The third-order valence-electron chi connectivity index (χ3n) is 4.05. The number of carbonyl (C=O) groups is 2. The molecule has 0 N–H and O–H groups in total. The average molecular weight is 366 g/mol. The van der Waals surface area contributed by atoms with Crippen LogP contribution < -0.4 is 0 Å². The third kappa shape index (κ3) is 7.10. The van der Waals surface area contributed by atoms with Crippen molar-refractivity contribution in [2.24, 2.45) is 0 Å². The van der Waals surface area contributed by atoms with Crippen molar-refractivity contribution < 1.29 is 19.1 Å². The maximum absolute atomic E-state index is 12.3. The lowest BCUT2D eigenvalue weighted by molar-refractivity contribution is -0.145. The van der Waals surface area contributed by atoms with Crippen LogP contribution in [0.5, 0.6) is 0 Å². The van der Waals surface area contributed by atoms with E-state index in [4.69, 9.17) is 9.47 Å². The molecule has 0 fully saturated rings. The smallest absolute Gasteiger partial charge is 0.338 e. The Bertz CT molecular complexity index is 763. The van der Waals surface area contributed by atoms with Crippen LogP contribution >= 0.6 is 0 Å². The SMILES string of the molecule is CCC(CC(C)(C)OC(=O)c1ccccc1)OC(=O)C=Cc1ccccc1. The summed E-state index contributed by atoms with van der Waals surface area (Å²) in [5, 5.41) is 0. The molecule has 0 aliphatic carbocycles. The van der Waals surface area contributed by atoms with E-state index in [2.05, 4.69) is 0 Å². The van der Waals surface area contributed by atoms with Crippen molar-refractivity contribution in [3.63, 3.8) is 0 Å². The normalized spacial score (nSPS) is 12.6. The molecule has 27 heavy (non-hydrogen) atoms. The van der Waals surface area contributed by atoms with Crippen LogP contribution in [-0.4, -0.2) is 23.6 Å². The fourth-order valence-corrected chi connectivity index (χ4v) is 2.68. The van der Waals surface area contributed by atoms with Gasteiger partial charge in [0.2, 0.25) is 0 Å². The summed E-state index contributed by atoms with van der Waals surface area (Å²) in [4.78, 5) is 24.4. The van der Waals surface area contributed by atoms with E-state index in [1.807, 2.05) is 57.2 Å². The lowest BCUT2D eigenvalue weighted by atomic mass is 9.98. The molecule has 0 amide bonds. The molecule has 2 aromatic carbocycles. The highest BCUT2D eigenvalue weighted by Gasteiger charge is 2.28. The zero-order valence-electron chi connectivity index (χ0n) is 16.1. The number of hydrogen-bond acceptors (Lipinski definition) is 4. The molecule has 0 aromatic heterocycles. The van der Waals surface area contributed by atoms with Gasteiger partial charge in [0.15, 0.2) is 0 Å². The number of ether oxygens (including phenoxy) is 2. The van der Waals surface area contributed by atoms with Crippen LogP contribution in [0.2, 0.25) is 0 Å². The van der Waals surface area contributed by atoms with Crippen molar-refractivity contribution in [3.8, 4) is 0 Å². The molecule has 0 heterocycles. The van der Waals surface area contributed by atoms with E-state index in [-0.39, 0.29) is 12.1 Å². The number of esters is 2. The Labute approximate surface area is 160 Å². The molecule has 1 unspecified atom stereocenters. The van der Waals surface area contributed by atoms with Crippen LogP contribution in [0.25, 0.3) is 6.08 Å². The maximum Gasteiger partial charge on any atom is 0.338 e. The van der Waals surface area contributed by atoms with Crippen LogP contribution in [0, 0.1) is 0 Å². The highest BCUT2D eigenvalue weighted by Crippen LogP contribution is 2.22. The van der Waals surface area contributed by atoms with Crippen molar-refractivity contribution in [2.75, 3.05) is 0 Å². The van der Waals surface area contributed by atoms with E-state index in [0.717, 1.165) is 5.56 Å². The first-order valence-electron chi connectivity index (χ1n) is 9.12. The first-order valence-corrected chi connectivity index (χ1v) is 9.12. The predicted molar refractivity (Wildman–Crippen MR) is 106 cm³/mol. The van der Waals surface area contributed by atoms with Crippen molar-refractivity contribution in [1.29, 1.82) is 0 Å². The molecule has 0 saturated heterocycles. The summed E-state index contributed by atoms with van der Waals surface area (Å²) in [6.45, 7) is 5.59. The summed E-state index contributed by atoms with van der Waals surface area (Å²) in [6.07, 6.45) is 3.86. The Morgan fingerprint density at radius 1 is 1.00 bits per heavy atom. The van der Waals surface area contributed by atoms with Gasteiger partial charge in [0.05, 0.1) is 5.56 Å². The first kappa shape index (κ1) is 20.4. The molecule has 0 aliphatic rings. The summed E-state index contributed by atoms with van der Waals surface area (Å²) in [6, 6.07) is 18.4. The van der Waals surface area contributed by atoms with Crippen LogP contribution in [0.4, 0.5) is 0 Å². The highest BCUT2D eigenvalue weighted by atomic mass is 16.6. The first-order chi connectivity index (χ1) is 12.9. The molecule has 2 aromatic rings. The van der Waals surface area contributed by atoms with E-state index in [0.29, 0.717) is 18.4 Å². The number of carbonyl (C=O) groups excluding carboxylic acids is 2. The molecular formula is C23H26O4. The second kappa shape index (κ2) is 9.72. The Kier molecular flexibility index (Phi) is 7.35. The van der Waals surface area contributed by atoms with E-state index in [1.165, 1.54) is 6.08 Å². The second-order valence-electron chi connectivity index (χ2n) is 6.93. The largest absolute Gasteiger partial charge is 0.459 e. The fourth-order valence-electron chi connectivity index (χ4n) is 2.68. The molecule has 0 radical (unpaired) electrons. The van der Waals surface area contributed by atoms with Gasteiger partial charge >= 0.3 is 11.9 Å². The molecule has 4 heteroatoms. The molecular weight excluding hydrogens is 340 g/mol. The van der Waals surface area contributed by atoms with Gasteiger partial charge in [-0.1, -0.05) is 55.5 Å². The van der Waals surface area contributed by atoms with Crippen molar-refractivity contribution in [2.45, 2.75) is 45.3 Å². The van der Waals surface area contributed by atoms with Gasteiger partial charge in [0.25, 0.3) is 0 Å². The van der Waals surface area contributed by atoms with Gasteiger partial charge in [0, 0.05) is 12.5 Å². The van der Waals surface area contributed by atoms with Crippen LogP contribution in [0.3, 0.4) is 0 Å². The van der Waals surface area contributed by atoms with Gasteiger partial charge in [-0.05, 0) is 44.0 Å². The maximum atomic E-state index is 12.3. The molecule has 0 spiro atoms. The van der Waals surface area contributed by atoms with Crippen molar-refractivity contribution >= 4 is 18.0 Å². The molecule has 4 nitrogen and oxygen atoms in total. The minimum atomic E-state index is -0.753. The minimum Gasteiger partial charge on any atom is -0.459 e. The van der Waals surface area contributed by atoms with Crippen molar-refractivity contribution in [3.05, 3.63) is 77.9 Å². The topological polar surface area (TPSA) is 52.6 Å². The number of hydrogen-bond donors (Lipinski definition) is 0. The second-order valence-corrected chi connectivity index (χ2v) is 6.93. The highest BCUT2D eigenvalue weighted by molar-refractivity contribution is 5.89. The van der Waals surface area contributed by atoms with Gasteiger partial charge < -0.3 is 9.47 Å². The summed E-state index contributed by atoms with van der Waals surface area (Å²) in [5.41, 5.74) is 0.679. The van der Waals surface area contributed by atoms with Gasteiger partial charge in [-0.3, -0.25) is 0 Å². The molecule has 1 atom stereocenters. The summed E-state index contributed by atoms with van der Waals surface area (Å²) >= 11 is 0.